The van der Waals surface area contributed by atoms with E-state index in [2.05, 4.69) is 6.58 Å². The van der Waals surface area contributed by atoms with Gasteiger partial charge in [0.2, 0.25) is 0 Å². The van der Waals surface area contributed by atoms with E-state index in [1.165, 1.54) is 0 Å². The Labute approximate surface area is 85.4 Å². The summed E-state index contributed by atoms with van der Waals surface area (Å²) in [7, 11) is 0. The Bertz CT molecular complexity index is 184. The summed E-state index contributed by atoms with van der Waals surface area (Å²) in [5.74, 6) is -0.327. The summed E-state index contributed by atoms with van der Waals surface area (Å²) in [5, 5.41) is 0.926. The minimum atomic E-state index is -0.327. The number of hydrogen-bond acceptors (Lipinski definition) is 3. The molecule has 4 heteroatoms. The van der Waals surface area contributed by atoms with Crippen LogP contribution in [0.15, 0.2) is 12.2 Å². The van der Waals surface area contributed by atoms with Crippen molar-refractivity contribution < 1.29 is 14.5 Å². The zero-order valence-electron chi connectivity index (χ0n) is 9.21. The summed E-state index contributed by atoms with van der Waals surface area (Å²) >= 11 is 0. The van der Waals surface area contributed by atoms with Crippen LogP contribution >= 0.6 is 0 Å². The maximum atomic E-state index is 11.4. The predicted octanol–water partition coefficient (Wildman–Crippen LogP) is 2.07. The highest BCUT2D eigenvalue weighted by Gasteiger charge is 2.15. The van der Waals surface area contributed by atoms with Gasteiger partial charge in [0.25, 0.3) is 5.91 Å². The summed E-state index contributed by atoms with van der Waals surface area (Å²) in [4.78, 5) is 21.7. The number of carbonyl (C=O) groups excluding carboxylic acids is 1. The van der Waals surface area contributed by atoms with Crippen LogP contribution in [0.5, 0.6) is 0 Å². The lowest BCUT2D eigenvalue weighted by Gasteiger charge is -2.19. The SMILES string of the molecule is C=C(C)C(=O)N(OCCC)OCCC. The molecule has 0 saturated heterocycles. The molecule has 0 aliphatic carbocycles. The van der Waals surface area contributed by atoms with Crippen molar-refractivity contribution in [3.63, 3.8) is 0 Å². The topological polar surface area (TPSA) is 38.8 Å². The van der Waals surface area contributed by atoms with Gasteiger partial charge in [-0.15, -0.1) is 0 Å². The zero-order chi connectivity index (χ0) is 11.0. The zero-order valence-corrected chi connectivity index (χ0v) is 9.21. The molecule has 0 spiro atoms. The van der Waals surface area contributed by atoms with Crippen molar-refractivity contribution >= 4 is 5.91 Å². The van der Waals surface area contributed by atoms with E-state index in [9.17, 15) is 4.79 Å². The van der Waals surface area contributed by atoms with Crippen molar-refractivity contribution in [3.05, 3.63) is 12.2 Å². The minimum Gasteiger partial charge on any atom is -0.265 e. The van der Waals surface area contributed by atoms with Crippen LogP contribution in [0.2, 0.25) is 0 Å². The van der Waals surface area contributed by atoms with Gasteiger partial charge in [0, 0.05) is 5.57 Å². The molecular weight excluding hydrogens is 182 g/mol. The van der Waals surface area contributed by atoms with E-state index in [4.69, 9.17) is 9.68 Å². The van der Waals surface area contributed by atoms with Crippen LogP contribution in [0.1, 0.15) is 33.6 Å². The molecule has 0 aromatic rings. The first-order valence-corrected chi connectivity index (χ1v) is 4.89. The molecular formula is C10H19NO3. The number of rotatable bonds is 7. The molecule has 1 amide bonds. The number of nitrogens with zero attached hydrogens (tertiary/aromatic N) is 1. The van der Waals surface area contributed by atoms with Crippen LogP contribution < -0.4 is 0 Å². The fraction of sp³-hybridized carbons (Fsp3) is 0.700. The molecule has 0 fully saturated rings. The van der Waals surface area contributed by atoms with Crippen LogP contribution in [0.25, 0.3) is 0 Å². The Kier molecular flexibility index (Phi) is 7.06. The monoisotopic (exact) mass is 201 g/mol. The lowest BCUT2D eigenvalue weighted by Crippen LogP contribution is -2.32. The predicted molar refractivity (Wildman–Crippen MR) is 54.1 cm³/mol. The normalized spacial score (nSPS) is 9.93. The van der Waals surface area contributed by atoms with E-state index < -0.39 is 0 Å². The van der Waals surface area contributed by atoms with Crippen LogP contribution in [0, 0.1) is 0 Å². The third kappa shape index (κ3) is 4.99. The van der Waals surface area contributed by atoms with Crippen molar-refractivity contribution in [1.82, 2.24) is 5.23 Å². The standard InChI is InChI=1S/C10H19NO3/c1-5-7-13-11(14-8-6-2)10(12)9(3)4/h3,5-8H2,1-2,4H3. The van der Waals surface area contributed by atoms with E-state index in [1.807, 2.05) is 13.8 Å². The van der Waals surface area contributed by atoms with Gasteiger partial charge in [-0.2, -0.15) is 0 Å². The average molecular weight is 201 g/mol. The van der Waals surface area contributed by atoms with Gasteiger partial charge >= 0.3 is 0 Å². The van der Waals surface area contributed by atoms with Crippen molar-refractivity contribution in [2.24, 2.45) is 0 Å². The van der Waals surface area contributed by atoms with Gasteiger partial charge in [-0.3, -0.25) is 4.79 Å². The fourth-order valence-corrected chi connectivity index (χ4v) is 0.659. The number of hydroxylamine groups is 2. The van der Waals surface area contributed by atoms with E-state index in [-0.39, 0.29) is 5.91 Å². The largest absolute Gasteiger partial charge is 0.299 e. The molecule has 0 saturated carbocycles. The Morgan fingerprint density at radius 2 is 1.64 bits per heavy atom. The third-order valence-electron chi connectivity index (χ3n) is 1.36. The molecule has 0 atom stereocenters. The van der Waals surface area contributed by atoms with Gasteiger partial charge in [-0.25, -0.2) is 9.68 Å². The van der Waals surface area contributed by atoms with E-state index in [0.717, 1.165) is 18.1 Å². The Hall–Kier alpha value is -0.870. The first kappa shape index (κ1) is 13.1. The second-order valence-corrected chi connectivity index (χ2v) is 3.01. The van der Waals surface area contributed by atoms with Gasteiger partial charge in [0.05, 0.1) is 13.2 Å². The molecule has 4 nitrogen and oxygen atoms in total. The molecule has 0 rings (SSSR count). The molecule has 0 aromatic heterocycles. The van der Waals surface area contributed by atoms with E-state index in [0.29, 0.717) is 18.8 Å². The second kappa shape index (κ2) is 7.53. The highest BCUT2D eigenvalue weighted by atomic mass is 17.0. The molecule has 14 heavy (non-hydrogen) atoms. The molecule has 0 unspecified atom stereocenters. The van der Waals surface area contributed by atoms with Crippen molar-refractivity contribution in [1.29, 1.82) is 0 Å². The quantitative estimate of drug-likeness (QED) is 0.467. The van der Waals surface area contributed by atoms with Crippen molar-refractivity contribution in [2.45, 2.75) is 33.6 Å². The van der Waals surface area contributed by atoms with Crippen molar-refractivity contribution in [2.75, 3.05) is 13.2 Å². The molecule has 0 aromatic carbocycles. The number of hydrogen-bond donors (Lipinski definition) is 0. The average Bonchev–Trinajstić information content (AvgIpc) is 2.17. The molecule has 82 valence electrons. The fourth-order valence-electron chi connectivity index (χ4n) is 0.659. The van der Waals surface area contributed by atoms with Crippen LogP contribution in [-0.2, 0) is 14.5 Å². The first-order valence-electron chi connectivity index (χ1n) is 4.89. The summed E-state index contributed by atoms with van der Waals surface area (Å²) in [6.45, 7) is 10.0. The lowest BCUT2D eigenvalue weighted by atomic mass is 10.3. The molecule has 0 aliphatic rings. The van der Waals surface area contributed by atoms with Gasteiger partial charge in [0.1, 0.15) is 0 Å². The van der Waals surface area contributed by atoms with Gasteiger partial charge in [-0.1, -0.05) is 25.7 Å². The highest BCUT2D eigenvalue weighted by Crippen LogP contribution is 2.02. The minimum absolute atomic E-state index is 0.327. The summed E-state index contributed by atoms with van der Waals surface area (Å²) in [6, 6.07) is 0. The van der Waals surface area contributed by atoms with Crippen LogP contribution in [-0.4, -0.2) is 24.3 Å². The van der Waals surface area contributed by atoms with E-state index >= 15 is 0 Å². The molecule has 0 radical (unpaired) electrons. The number of amides is 1. The second-order valence-electron chi connectivity index (χ2n) is 3.01. The Morgan fingerprint density at radius 1 is 1.21 bits per heavy atom. The lowest BCUT2D eigenvalue weighted by molar-refractivity contribution is -0.339. The molecule has 0 bridgehead atoms. The van der Waals surface area contributed by atoms with Crippen molar-refractivity contribution in [3.8, 4) is 0 Å². The summed E-state index contributed by atoms with van der Waals surface area (Å²) < 4.78 is 0. The van der Waals surface area contributed by atoms with Crippen LogP contribution in [0.3, 0.4) is 0 Å². The smallest absolute Gasteiger partial charge is 0.265 e. The summed E-state index contributed by atoms with van der Waals surface area (Å²) in [5.41, 5.74) is 0.400. The van der Waals surface area contributed by atoms with Gasteiger partial charge in [0.15, 0.2) is 0 Å². The third-order valence-corrected chi connectivity index (χ3v) is 1.36. The van der Waals surface area contributed by atoms with E-state index in [1.54, 1.807) is 6.92 Å². The van der Waals surface area contributed by atoms with Gasteiger partial charge < -0.3 is 0 Å². The van der Waals surface area contributed by atoms with Crippen LogP contribution in [0.4, 0.5) is 0 Å². The Morgan fingerprint density at radius 3 is 1.93 bits per heavy atom. The maximum absolute atomic E-state index is 11.4. The maximum Gasteiger partial charge on any atom is 0.299 e. The molecule has 0 N–H and O–H groups in total. The molecule has 0 heterocycles. The molecule has 0 aliphatic heterocycles. The highest BCUT2D eigenvalue weighted by molar-refractivity contribution is 5.90. The summed E-state index contributed by atoms with van der Waals surface area (Å²) in [6.07, 6.45) is 1.66. The first-order chi connectivity index (χ1) is 6.63. The Balaban J connectivity index is 4.08. The van der Waals surface area contributed by atoms with Gasteiger partial charge in [-0.05, 0) is 19.8 Å². The number of carbonyl (C=O) groups is 1.